The minimum Gasteiger partial charge on any atom is -0.481 e. The molecular formula is C18H17Cl2NO4. The molecule has 2 aromatic rings. The maximum absolute atomic E-state index is 12.3. The molecule has 132 valence electrons. The highest BCUT2D eigenvalue weighted by molar-refractivity contribution is 6.34. The molecule has 0 aliphatic heterocycles. The van der Waals surface area contributed by atoms with Gasteiger partial charge in [0.1, 0.15) is 5.75 Å². The van der Waals surface area contributed by atoms with Crippen molar-refractivity contribution in [3.63, 3.8) is 0 Å². The first-order valence-electron chi connectivity index (χ1n) is 7.43. The number of esters is 1. The molecule has 1 atom stereocenters. The number of halogens is 2. The van der Waals surface area contributed by atoms with Crippen molar-refractivity contribution < 1.29 is 19.1 Å². The molecule has 0 saturated heterocycles. The van der Waals surface area contributed by atoms with Crippen molar-refractivity contribution >= 4 is 40.8 Å². The van der Waals surface area contributed by atoms with E-state index in [0.29, 0.717) is 21.5 Å². The molecule has 0 fully saturated rings. The van der Waals surface area contributed by atoms with Crippen molar-refractivity contribution in [3.8, 4) is 5.75 Å². The number of ether oxygens (including phenoxy) is 2. The van der Waals surface area contributed by atoms with Crippen LogP contribution in [0.1, 0.15) is 22.8 Å². The lowest BCUT2D eigenvalue weighted by atomic mass is 10.2. The van der Waals surface area contributed by atoms with Crippen LogP contribution in [0.2, 0.25) is 10.0 Å². The topological polar surface area (TPSA) is 64.6 Å². The van der Waals surface area contributed by atoms with E-state index in [1.807, 2.05) is 6.92 Å². The van der Waals surface area contributed by atoms with Crippen LogP contribution in [0.3, 0.4) is 0 Å². The summed E-state index contributed by atoms with van der Waals surface area (Å²) in [4.78, 5) is 23.9. The first-order chi connectivity index (χ1) is 11.8. The number of nitrogens with one attached hydrogen (secondary N) is 1. The molecule has 2 aromatic carbocycles. The highest BCUT2D eigenvalue weighted by Crippen LogP contribution is 2.25. The molecule has 7 heteroatoms. The Bertz CT molecular complexity index is 808. The molecule has 0 aromatic heterocycles. The summed E-state index contributed by atoms with van der Waals surface area (Å²) in [6, 6.07) is 9.61. The number of carbonyl (C=O) groups excluding carboxylic acids is 2. The molecule has 2 rings (SSSR count). The summed E-state index contributed by atoms with van der Waals surface area (Å²) in [6.07, 6.45) is -0.779. The summed E-state index contributed by atoms with van der Waals surface area (Å²) in [5.41, 5.74) is 1.43. The minimum atomic E-state index is -0.779. The maximum atomic E-state index is 12.3. The fourth-order valence-electron chi connectivity index (χ4n) is 2.05. The van der Waals surface area contributed by atoms with E-state index < -0.39 is 18.0 Å². The van der Waals surface area contributed by atoms with Gasteiger partial charge in [-0.2, -0.15) is 0 Å². The Hall–Kier alpha value is -2.24. The van der Waals surface area contributed by atoms with E-state index in [2.05, 4.69) is 10.1 Å². The van der Waals surface area contributed by atoms with Crippen molar-refractivity contribution in [1.29, 1.82) is 0 Å². The number of methoxy groups -OCH3 is 1. The Kier molecular flexibility index (Phi) is 6.28. The summed E-state index contributed by atoms with van der Waals surface area (Å²) in [7, 11) is 1.28. The second kappa shape index (κ2) is 8.23. The van der Waals surface area contributed by atoms with Crippen molar-refractivity contribution in [2.45, 2.75) is 20.0 Å². The fraction of sp³-hybridized carbons (Fsp3) is 0.222. The summed E-state index contributed by atoms with van der Waals surface area (Å²) >= 11 is 12.0. The molecule has 0 radical (unpaired) electrons. The van der Waals surface area contributed by atoms with Gasteiger partial charge in [-0.1, -0.05) is 23.2 Å². The molecule has 1 N–H and O–H groups in total. The van der Waals surface area contributed by atoms with Gasteiger partial charge in [-0.15, -0.1) is 0 Å². The zero-order chi connectivity index (χ0) is 18.6. The fourth-order valence-corrected chi connectivity index (χ4v) is 2.33. The van der Waals surface area contributed by atoms with Gasteiger partial charge in [-0.3, -0.25) is 4.79 Å². The second-order valence-electron chi connectivity index (χ2n) is 5.35. The van der Waals surface area contributed by atoms with Gasteiger partial charge >= 0.3 is 5.97 Å². The van der Waals surface area contributed by atoms with E-state index in [4.69, 9.17) is 27.9 Å². The van der Waals surface area contributed by atoms with Gasteiger partial charge in [0, 0.05) is 5.02 Å². The van der Waals surface area contributed by atoms with Crippen LogP contribution in [-0.4, -0.2) is 25.1 Å². The van der Waals surface area contributed by atoms with Crippen molar-refractivity contribution in [3.05, 3.63) is 57.6 Å². The first-order valence-corrected chi connectivity index (χ1v) is 8.19. The Morgan fingerprint density at radius 2 is 1.76 bits per heavy atom. The summed E-state index contributed by atoms with van der Waals surface area (Å²) in [6.45, 7) is 3.45. The number of hydrogen-bond acceptors (Lipinski definition) is 4. The average Bonchev–Trinajstić information content (AvgIpc) is 2.59. The van der Waals surface area contributed by atoms with E-state index in [9.17, 15) is 9.59 Å². The highest BCUT2D eigenvalue weighted by atomic mass is 35.5. The largest absolute Gasteiger partial charge is 0.481 e. The zero-order valence-electron chi connectivity index (χ0n) is 13.9. The second-order valence-corrected chi connectivity index (χ2v) is 6.16. The number of carbonyl (C=O) groups is 2. The van der Waals surface area contributed by atoms with Crippen LogP contribution in [0.15, 0.2) is 36.4 Å². The van der Waals surface area contributed by atoms with Crippen LogP contribution in [0.25, 0.3) is 0 Å². The van der Waals surface area contributed by atoms with Gasteiger partial charge in [-0.05, 0) is 55.8 Å². The molecule has 0 unspecified atom stereocenters. The number of hydrogen-bond donors (Lipinski definition) is 1. The zero-order valence-corrected chi connectivity index (χ0v) is 15.4. The van der Waals surface area contributed by atoms with E-state index in [1.54, 1.807) is 25.1 Å². The number of amides is 1. The van der Waals surface area contributed by atoms with Gasteiger partial charge in [0.15, 0.2) is 6.10 Å². The van der Waals surface area contributed by atoms with Crippen LogP contribution in [0.5, 0.6) is 5.75 Å². The molecule has 0 bridgehead atoms. The van der Waals surface area contributed by atoms with Crippen LogP contribution < -0.4 is 10.1 Å². The molecule has 0 aliphatic carbocycles. The van der Waals surface area contributed by atoms with Crippen LogP contribution in [0, 0.1) is 6.92 Å². The van der Waals surface area contributed by atoms with Gasteiger partial charge in [0.05, 0.1) is 23.4 Å². The Morgan fingerprint density at radius 1 is 1.08 bits per heavy atom. The van der Waals surface area contributed by atoms with E-state index in [0.717, 1.165) is 5.56 Å². The van der Waals surface area contributed by atoms with Crippen LogP contribution >= 0.6 is 23.2 Å². The standard InChI is InChI=1S/C18H17Cl2NO4/c1-10-8-13(5-7-14(10)19)25-11(2)17(22)21-16-9-12(18(23)24-3)4-6-15(16)20/h4-9,11H,1-3H3,(H,21,22)/t11-/m0/s1. The smallest absolute Gasteiger partial charge is 0.337 e. The summed E-state index contributed by atoms with van der Waals surface area (Å²) in [5, 5.41) is 3.57. The average molecular weight is 382 g/mol. The quantitative estimate of drug-likeness (QED) is 0.774. The number of benzene rings is 2. The lowest BCUT2D eigenvalue weighted by Crippen LogP contribution is -2.30. The van der Waals surface area contributed by atoms with Gasteiger partial charge in [-0.25, -0.2) is 4.79 Å². The van der Waals surface area contributed by atoms with Gasteiger partial charge in [0.2, 0.25) is 0 Å². The Balaban J connectivity index is 2.10. The van der Waals surface area contributed by atoms with E-state index in [-0.39, 0.29) is 5.56 Å². The third-order valence-corrected chi connectivity index (χ3v) is 4.21. The summed E-state index contributed by atoms with van der Waals surface area (Å²) in [5.74, 6) is -0.399. The third kappa shape index (κ3) is 4.87. The molecule has 25 heavy (non-hydrogen) atoms. The van der Waals surface area contributed by atoms with Crippen molar-refractivity contribution in [2.24, 2.45) is 0 Å². The molecule has 0 aliphatic rings. The molecular weight excluding hydrogens is 365 g/mol. The molecule has 0 saturated carbocycles. The van der Waals surface area contributed by atoms with Crippen LogP contribution in [-0.2, 0) is 9.53 Å². The lowest BCUT2D eigenvalue weighted by Gasteiger charge is -2.16. The molecule has 1 amide bonds. The summed E-state index contributed by atoms with van der Waals surface area (Å²) < 4.78 is 10.3. The van der Waals surface area contributed by atoms with Gasteiger partial charge < -0.3 is 14.8 Å². The Morgan fingerprint density at radius 3 is 2.40 bits per heavy atom. The van der Waals surface area contributed by atoms with E-state index in [1.165, 1.54) is 25.3 Å². The SMILES string of the molecule is COC(=O)c1ccc(Cl)c(NC(=O)[C@H](C)Oc2ccc(Cl)c(C)c2)c1. The minimum absolute atomic E-state index is 0.282. The van der Waals surface area contributed by atoms with Crippen molar-refractivity contribution in [1.82, 2.24) is 0 Å². The molecule has 0 heterocycles. The van der Waals surface area contributed by atoms with Crippen molar-refractivity contribution in [2.75, 3.05) is 12.4 Å². The van der Waals surface area contributed by atoms with E-state index >= 15 is 0 Å². The first kappa shape index (κ1) is 19.1. The third-order valence-electron chi connectivity index (χ3n) is 3.46. The van der Waals surface area contributed by atoms with Gasteiger partial charge in [0.25, 0.3) is 5.91 Å². The maximum Gasteiger partial charge on any atom is 0.337 e. The molecule has 5 nitrogen and oxygen atoms in total. The highest BCUT2D eigenvalue weighted by Gasteiger charge is 2.18. The monoisotopic (exact) mass is 381 g/mol. The number of anilines is 1. The predicted octanol–water partition coefficient (Wildman–Crippen LogP) is 4.49. The van der Waals surface area contributed by atoms with Crippen LogP contribution in [0.4, 0.5) is 5.69 Å². The Labute approximate surface area is 155 Å². The normalized spacial score (nSPS) is 11.6. The number of rotatable bonds is 5. The number of aryl methyl sites for hydroxylation is 1. The predicted molar refractivity (Wildman–Crippen MR) is 97.7 cm³/mol. The lowest BCUT2D eigenvalue weighted by molar-refractivity contribution is -0.122. The molecule has 0 spiro atoms.